The third-order valence-corrected chi connectivity index (χ3v) is 3.28. The van der Waals surface area contributed by atoms with Gasteiger partial charge in [0.25, 0.3) is 0 Å². The summed E-state index contributed by atoms with van der Waals surface area (Å²) in [6, 6.07) is 8.92. The third-order valence-electron chi connectivity index (χ3n) is 2.73. The van der Waals surface area contributed by atoms with Crippen LogP contribution in [0.1, 0.15) is 15.9 Å². The molecule has 0 bridgehead atoms. The van der Waals surface area contributed by atoms with Crippen molar-refractivity contribution >= 4 is 34.8 Å². The second-order valence-electron chi connectivity index (χ2n) is 4.15. The lowest BCUT2D eigenvalue weighted by atomic mass is 10.1. The van der Waals surface area contributed by atoms with E-state index in [1.165, 1.54) is 18.2 Å². The summed E-state index contributed by atoms with van der Waals surface area (Å²) in [5, 5.41) is 3.93. The molecule has 0 spiro atoms. The summed E-state index contributed by atoms with van der Waals surface area (Å²) in [4.78, 5) is 11.1. The van der Waals surface area contributed by atoms with Gasteiger partial charge in [-0.05, 0) is 36.4 Å². The standard InChI is InChI=1S/C14H11Cl2FN2O/c15-10-2-4-13(11(16)6-10)19-7-9-5-8(14(18)20)1-3-12(9)17/h1-6,19H,7H2,(H2,18,20). The Morgan fingerprint density at radius 3 is 2.60 bits per heavy atom. The highest BCUT2D eigenvalue weighted by Crippen LogP contribution is 2.26. The van der Waals surface area contributed by atoms with Crippen molar-refractivity contribution in [2.24, 2.45) is 5.73 Å². The van der Waals surface area contributed by atoms with Gasteiger partial charge in [0, 0.05) is 22.7 Å². The van der Waals surface area contributed by atoms with Crippen molar-refractivity contribution in [1.29, 1.82) is 0 Å². The topological polar surface area (TPSA) is 55.1 Å². The number of halogens is 3. The zero-order valence-corrected chi connectivity index (χ0v) is 11.8. The van der Waals surface area contributed by atoms with Gasteiger partial charge in [0.1, 0.15) is 5.82 Å². The number of benzene rings is 2. The molecule has 104 valence electrons. The number of carbonyl (C=O) groups excluding carboxylic acids is 1. The first kappa shape index (κ1) is 14.6. The zero-order valence-electron chi connectivity index (χ0n) is 10.3. The number of rotatable bonds is 4. The largest absolute Gasteiger partial charge is 0.380 e. The lowest BCUT2D eigenvalue weighted by Gasteiger charge is -2.10. The Labute approximate surface area is 125 Å². The Morgan fingerprint density at radius 1 is 1.20 bits per heavy atom. The molecule has 6 heteroatoms. The highest BCUT2D eigenvalue weighted by molar-refractivity contribution is 6.36. The molecule has 0 radical (unpaired) electrons. The van der Waals surface area contributed by atoms with E-state index in [0.29, 0.717) is 21.3 Å². The molecule has 0 aliphatic carbocycles. The van der Waals surface area contributed by atoms with E-state index in [-0.39, 0.29) is 12.1 Å². The molecule has 2 rings (SSSR count). The van der Waals surface area contributed by atoms with Crippen molar-refractivity contribution in [3.05, 3.63) is 63.4 Å². The number of anilines is 1. The maximum absolute atomic E-state index is 13.7. The summed E-state index contributed by atoms with van der Waals surface area (Å²) >= 11 is 11.8. The Morgan fingerprint density at radius 2 is 1.95 bits per heavy atom. The highest BCUT2D eigenvalue weighted by atomic mass is 35.5. The van der Waals surface area contributed by atoms with Gasteiger partial charge in [-0.25, -0.2) is 4.39 Å². The molecular weight excluding hydrogens is 302 g/mol. The summed E-state index contributed by atoms with van der Waals surface area (Å²) in [5.74, 6) is -1.02. The smallest absolute Gasteiger partial charge is 0.248 e. The lowest BCUT2D eigenvalue weighted by molar-refractivity contribution is 0.1000. The van der Waals surface area contributed by atoms with Crippen molar-refractivity contribution in [1.82, 2.24) is 0 Å². The molecule has 0 atom stereocenters. The van der Waals surface area contributed by atoms with Gasteiger partial charge >= 0.3 is 0 Å². The van der Waals surface area contributed by atoms with Crippen LogP contribution in [0, 0.1) is 5.82 Å². The number of nitrogens with two attached hydrogens (primary N) is 1. The van der Waals surface area contributed by atoms with Crippen molar-refractivity contribution in [3.63, 3.8) is 0 Å². The Hall–Kier alpha value is -1.78. The summed E-state index contributed by atoms with van der Waals surface area (Å²) in [7, 11) is 0. The van der Waals surface area contributed by atoms with Gasteiger partial charge in [0.05, 0.1) is 10.7 Å². The summed E-state index contributed by atoms with van der Waals surface area (Å²) in [5.41, 5.74) is 6.37. The second-order valence-corrected chi connectivity index (χ2v) is 4.99. The lowest BCUT2D eigenvalue weighted by Crippen LogP contribution is -2.12. The van der Waals surface area contributed by atoms with Crippen LogP contribution in [0.4, 0.5) is 10.1 Å². The monoisotopic (exact) mass is 312 g/mol. The van der Waals surface area contributed by atoms with Crippen LogP contribution in [0.2, 0.25) is 10.0 Å². The molecule has 3 N–H and O–H groups in total. The predicted molar refractivity (Wildman–Crippen MR) is 78.7 cm³/mol. The predicted octanol–water partition coefficient (Wildman–Crippen LogP) is 3.84. The number of nitrogens with one attached hydrogen (secondary N) is 1. The fourth-order valence-electron chi connectivity index (χ4n) is 1.69. The van der Waals surface area contributed by atoms with E-state index in [1.807, 2.05) is 0 Å². The van der Waals surface area contributed by atoms with Gasteiger partial charge in [0.15, 0.2) is 0 Å². The summed E-state index contributed by atoms with van der Waals surface area (Å²) in [6.45, 7) is 0.175. The zero-order chi connectivity index (χ0) is 14.7. The van der Waals surface area contributed by atoms with E-state index in [9.17, 15) is 9.18 Å². The van der Waals surface area contributed by atoms with Crippen molar-refractivity contribution in [2.75, 3.05) is 5.32 Å². The van der Waals surface area contributed by atoms with Crippen LogP contribution in [0.25, 0.3) is 0 Å². The van der Waals surface area contributed by atoms with E-state index < -0.39 is 11.7 Å². The minimum atomic E-state index is -0.601. The third kappa shape index (κ3) is 3.40. The van der Waals surface area contributed by atoms with Gasteiger partial charge in [0.2, 0.25) is 5.91 Å². The first-order chi connectivity index (χ1) is 9.47. The number of hydrogen-bond acceptors (Lipinski definition) is 2. The molecule has 2 aromatic carbocycles. The van der Waals surface area contributed by atoms with Crippen molar-refractivity contribution in [3.8, 4) is 0 Å². The fourth-order valence-corrected chi connectivity index (χ4v) is 2.16. The van der Waals surface area contributed by atoms with E-state index in [2.05, 4.69) is 5.32 Å². The quantitative estimate of drug-likeness (QED) is 0.901. The second kappa shape index (κ2) is 6.11. The normalized spacial score (nSPS) is 10.3. The molecule has 0 unspecified atom stereocenters. The molecule has 1 amide bonds. The maximum Gasteiger partial charge on any atom is 0.248 e. The minimum Gasteiger partial charge on any atom is -0.380 e. The van der Waals surface area contributed by atoms with E-state index in [0.717, 1.165) is 0 Å². The van der Waals surface area contributed by atoms with Gasteiger partial charge < -0.3 is 11.1 Å². The molecule has 0 heterocycles. The number of carbonyl (C=O) groups is 1. The van der Waals surface area contributed by atoms with Gasteiger partial charge in [-0.2, -0.15) is 0 Å². The first-order valence-corrected chi connectivity index (χ1v) is 6.50. The highest BCUT2D eigenvalue weighted by Gasteiger charge is 2.08. The first-order valence-electron chi connectivity index (χ1n) is 5.74. The molecule has 0 aliphatic rings. The summed E-state index contributed by atoms with van der Waals surface area (Å²) < 4.78 is 13.7. The van der Waals surface area contributed by atoms with E-state index in [4.69, 9.17) is 28.9 Å². The minimum absolute atomic E-state index is 0.175. The Balaban J connectivity index is 2.18. The average Bonchev–Trinajstić information content (AvgIpc) is 2.39. The number of primary amides is 1. The van der Waals surface area contributed by atoms with Crippen LogP contribution in [0.15, 0.2) is 36.4 Å². The van der Waals surface area contributed by atoms with Crippen LogP contribution >= 0.6 is 23.2 Å². The van der Waals surface area contributed by atoms with Gasteiger partial charge in [-0.1, -0.05) is 23.2 Å². The van der Waals surface area contributed by atoms with Crippen LogP contribution in [0.3, 0.4) is 0 Å². The Kier molecular flexibility index (Phi) is 4.47. The van der Waals surface area contributed by atoms with Crippen molar-refractivity contribution in [2.45, 2.75) is 6.54 Å². The number of hydrogen-bond donors (Lipinski definition) is 2. The fraction of sp³-hybridized carbons (Fsp3) is 0.0714. The van der Waals surface area contributed by atoms with Gasteiger partial charge in [-0.3, -0.25) is 4.79 Å². The van der Waals surface area contributed by atoms with E-state index in [1.54, 1.807) is 18.2 Å². The molecule has 20 heavy (non-hydrogen) atoms. The van der Waals surface area contributed by atoms with Crippen LogP contribution in [0.5, 0.6) is 0 Å². The number of amides is 1. The molecule has 0 aliphatic heterocycles. The average molecular weight is 313 g/mol. The van der Waals surface area contributed by atoms with Crippen LogP contribution in [-0.2, 0) is 6.54 Å². The molecular formula is C14H11Cl2FN2O. The van der Waals surface area contributed by atoms with Crippen molar-refractivity contribution < 1.29 is 9.18 Å². The van der Waals surface area contributed by atoms with Crippen LogP contribution in [-0.4, -0.2) is 5.91 Å². The molecule has 0 saturated carbocycles. The SMILES string of the molecule is NC(=O)c1ccc(F)c(CNc2ccc(Cl)cc2Cl)c1. The van der Waals surface area contributed by atoms with Crippen LogP contribution < -0.4 is 11.1 Å². The molecule has 0 aromatic heterocycles. The van der Waals surface area contributed by atoms with E-state index >= 15 is 0 Å². The van der Waals surface area contributed by atoms with Gasteiger partial charge in [-0.15, -0.1) is 0 Å². The summed E-state index contributed by atoms with van der Waals surface area (Å²) in [6.07, 6.45) is 0. The molecule has 3 nitrogen and oxygen atoms in total. The molecule has 2 aromatic rings. The molecule has 0 saturated heterocycles. The molecule has 0 fully saturated rings. The Bertz CT molecular complexity index is 662. The maximum atomic E-state index is 13.7.